The van der Waals surface area contributed by atoms with E-state index in [0.29, 0.717) is 58.5 Å². The maximum absolute atomic E-state index is 14.2. The standard InChI is InChI=1S/C29H30N2O7/c1-34-21-14-19-20(15-22(21)35-2)29(33)31-11-10-16-8-6-7-9-18(16)26(31)25(19)28(32)30-17-12-23(36-3)27(38-5)24(13-17)37-4/h6-9,12-15,25-26H,10-11H2,1-5H3,(H,30,32)/t25-,26-/m1/s1. The van der Waals surface area contributed by atoms with E-state index in [2.05, 4.69) is 11.4 Å². The zero-order valence-electron chi connectivity index (χ0n) is 22.0. The maximum atomic E-state index is 14.2. The van der Waals surface area contributed by atoms with Crippen molar-refractivity contribution in [3.05, 3.63) is 70.8 Å². The number of ether oxygens (including phenoxy) is 5. The first-order chi connectivity index (χ1) is 18.4. The van der Waals surface area contributed by atoms with Gasteiger partial charge in [-0.15, -0.1) is 0 Å². The SMILES string of the molecule is COc1cc2c(cc1OC)[C@@H](C(=O)Nc1cc(OC)c(OC)c(OC)c1)[C@H]1c3ccccc3CCN1C2=O. The van der Waals surface area contributed by atoms with Crippen LogP contribution in [0.4, 0.5) is 5.69 Å². The Bertz CT molecular complexity index is 1380. The molecule has 2 atom stereocenters. The second-order valence-corrected chi connectivity index (χ2v) is 9.07. The summed E-state index contributed by atoms with van der Waals surface area (Å²) in [6.45, 7) is 0.502. The van der Waals surface area contributed by atoms with Crippen LogP contribution in [0.1, 0.15) is 39.0 Å². The Balaban J connectivity index is 1.66. The van der Waals surface area contributed by atoms with Gasteiger partial charge in [0, 0.05) is 29.9 Å². The van der Waals surface area contributed by atoms with Crippen LogP contribution in [0, 0.1) is 0 Å². The van der Waals surface area contributed by atoms with Crippen molar-refractivity contribution in [2.24, 2.45) is 0 Å². The van der Waals surface area contributed by atoms with E-state index in [9.17, 15) is 9.59 Å². The fourth-order valence-corrected chi connectivity index (χ4v) is 5.51. The normalized spacial score (nSPS) is 17.5. The number of anilines is 1. The fraction of sp³-hybridized carbons (Fsp3) is 0.310. The maximum Gasteiger partial charge on any atom is 0.254 e. The summed E-state index contributed by atoms with van der Waals surface area (Å²) in [5.41, 5.74) is 3.55. The molecule has 3 aromatic rings. The highest BCUT2D eigenvalue weighted by Gasteiger charge is 2.47. The summed E-state index contributed by atoms with van der Waals surface area (Å²) in [4.78, 5) is 29.7. The second kappa shape index (κ2) is 10.2. The van der Waals surface area contributed by atoms with Crippen molar-refractivity contribution in [3.8, 4) is 28.7 Å². The third-order valence-electron chi connectivity index (χ3n) is 7.24. The number of carbonyl (C=O) groups is 2. The number of benzene rings is 3. The molecule has 0 aromatic heterocycles. The molecule has 9 nitrogen and oxygen atoms in total. The Kier molecular flexibility index (Phi) is 6.75. The Morgan fingerprint density at radius 1 is 0.816 bits per heavy atom. The third kappa shape index (κ3) is 4.04. The highest BCUT2D eigenvalue weighted by molar-refractivity contribution is 6.05. The van der Waals surface area contributed by atoms with E-state index in [1.165, 1.54) is 35.5 Å². The second-order valence-electron chi connectivity index (χ2n) is 9.07. The number of fused-ring (bicyclic) bond motifs is 4. The lowest BCUT2D eigenvalue weighted by Gasteiger charge is -2.45. The zero-order chi connectivity index (χ0) is 27.0. The van der Waals surface area contributed by atoms with Gasteiger partial charge in [0.15, 0.2) is 23.0 Å². The lowest BCUT2D eigenvalue weighted by atomic mass is 9.75. The van der Waals surface area contributed by atoms with Crippen LogP contribution >= 0.6 is 0 Å². The molecule has 38 heavy (non-hydrogen) atoms. The van der Waals surface area contributed by atoms with Crippen LogP contribution in [0.15, 0.2) is 48.5 Å². The molecule has 0 unspecified atom stereocenters. The smallest absolute Gasteiger partial charge is 0.254 e. The fourth-order valence-electron chi connectivity index (χ4n) is 5.51. The van der Waals surface area contributed by atoms with E-state index in [-0.39, 0.29) is 11.8 Å². The van der Waals surface area contributed by atoms with Gasteiger partial charge in [0.25, 0.3) is 5.91 Å². The van der Waals surface area contributed by atoms with Gasteiger partial charge < -0.3 is 33.9 Å². The number of rotatable bonds is 7. The van der Waals surface area contributed by atoms with Gasteiger partial charge in [0.2, 0.25) is 11.7 Å². The highest BCUT2D eigenvalue weighted by Crippen LogP contribution is 2.49. The van der Waals surface area contributed by atoms with Gasteiger partial charge in [-0.2, -0.15) is 0 Å². The monoisotopic (exact) mass is 518 g/mol. The molecular formula is C29H30N2O7. The molecule has 2 heterocycles. The Morgan fingerprint density at radius 2 is 1.45 bits per heavy atom. The number of nitrogens with one attached hydrogen (secondary N) is 1. The molecule has 198 valence electrons. The van der Waals surface area contributed by atoms with Gasteiger partial charge in [-0.25, -0.2) is 0 Å². The number of amides is 2. The van der Waals surface area contributed by atoms with E-state index in [4.69, 9.17) is 23.7 Å². The molecule has 0 spiro atoms. The summed E-state index contributed by atoms with van der Waals surface area (Å²) in [6.07, 6.45) is 0.711. The molecule has 0 fully saturated rings. The number of hydrogen-bond acceptors (Lipinski definition) is 7. The average molecular weight is 519 g/mol. The molecular weight excluding hydrogens is 488 g/mol. The topological polar surface area (TPSA) is 95.6 Å². The molecule has 0 radical (unpaired) electrons. The molecule has 5 rings (SSSR count). The predicted molar refractivity (Wildman–Crippen MR) is 141 cm³/mol. The minimum Gasteiger partial charge on any atom is -0.493 e. The Labute approximate surface area is 221 Å². The van der Waals surface area contributed by atoms with Gasteiger partial charge in [-0.05, 0) is 35.2 Å². The lowest BCUT2D eigenvalue weighted by Crippen LogP contribution is -2.49. The minimum absolute atomic E-state index is 0.141. The van der Waals surface area contributed by atoms with Crippen molar-refractivity contribution >= 4 is 17.5 Å². The van der Waals surface area contributed by atoms with Gasteiger partial charge in [-0.1, -0.05) is 24.3 Å². The van der Waals surface area contributed by atoms with Crippen LogP contribution in [0.2, 0.25) is 0 Å². The van der Waals surface area contributed by atoms with Crippen molar-refractivity contribution in [3.63, 3.8) is 0 Å². The number of hydrogen-bond donors (Lipinski definition) is 1. The van der Waals surface area contributed by atoms with Crippen LogP contribution in [-0.4, -0.2) is 58.8 Å². The van der Waals surface area contributed by atoms with Gasteiger partial charge in [-0.3, -0.25) is 9.59 Å². The van der Waals surface area contributed by atoms with Gasteiger partial charge in [0.1, 0.15) is 0 Å². The summed E-state index contributed by atoms with van der Waals surface area (Å²) >= 11 is 0. The molecule has 2 aliphatic heterocycles. The van der Waals surface area contributed by atoms with Crippen LogP contribution in [0.3, 0.4) is 0 Å². The van der Waals surface area contributed by atoms with E-state index >= 15 is 0 Å². The summed E-state index contributed by atoms with van der Waals surface area (Å²) in [5, 5.41) is 3.03. The van der Waals surface area contributed by atoms with Crippen molar-refractivity contribution in [2.45, 2.75) is 18.4 Å². The van der Waals surface area contributed by atoms with Crippen LogP contribution < -0.4 is 29.0 Å². The number of methoxy groups -OCH3 is 5. The summed E-state index contributed by atoms with van der Waals surface area (Å²) in [5.74, 6) is 0.981. The zero-order valence-corrected chi connectivity index (χ0v) is 22.0. The molecule has 0 saturated heterocycles. The minimum atomic E-state index is -0.719. The third-order valence-corrected chi connectivity index (χ3v) is 7.24. The molecule has 0 bridgehead atoms. The van der Waals surface area contributed by atoms with Crippen LogP contribution in [0.5, 0.6) is 28.7 Å². The van der Waals surface area contributed by atoms with Gasteiger partial charge in [0.05, 0.1) is 47.5 Å². The molecule has 1 N–H and O–H groups in total. The molecule has 3 aromatic carbocycles. The first-order valence-corrected chi connectivity index (χ1v) is 12.2. The molecule has 0 aliphatic carbocycles. The molecule has 2 aliphatic rings. The summed E-state index contributed by atoms with van der Waals surface area (Å²) < 4.78 is 27.4. The first kappa shape index (κ1) is 25.3. The van der Waals surface area contributed by atoms with Gasteiger partial charge >= 0.3 is 0 Å². The van der Waals surface area contributed by atoms with E-state index in [1.54, 1.807) is 29.2 Å². The number of nitrogens with zero attached hydrogens (tertiary/aromatic N) is 1. The number of carbonyl (C=O) groups excluding carboxylic acids is 2. The van der Waals surface area contributed by atoms with E-state index < -0.39 is 12.0 Å². The van der Waals surface area contributed by atoms with Crippen molar-refractivity contribution in [1.82, 2.24) is 4.90 Å². The van der Waals surface area contributed by atoms with Crippen molar-refractivity contribution in [2.75, 3.05) is 47.4 Å². The predicted octanol–water partition coefficient (Wildman–Crippen LogP) is 4.21. The van der Waals surface area contributed by atoms with E-state index in [0.717, 1.165) is 11.1 Å². The molecule has 9 heteroatoms. The highest BCUT2D eigenvalue weighted by atomic mass is 16.5. The first-order valence-electron chi connectivity index (χ1n) is 12.2. The van der Waals surface area contributed by atoms with Crippen molar-refractivity contribution in [1.29, 1.82) is 0 Å². The molecule has 2 amide bonds. The Morgan fingerprint density at radius 3 is 2.08 bits per heavy atom. The quantitative estimate of drug-likeness (QED) is 0.501. The Hall–Kier alpha value is -4.40. The average Bonchev–Trinajstić information content (AvgIpc) is 2.95. The van der Waals surface area contributed by atoms with Crippen LogP contribution in [0.25, 0.3) is 0 Å². The molecule has 0 saturated carbocycles. The van der Waals surface area contributed by atoms with Crippen LogP contribution in [-0.2, 0) is 11.2 Å². The van der Waals surface area contributed by atoms with E-state index in [1.807, 2.05) is 18.2 Å². The summed E-state index contributed by atoms with van der Waals surface area (Å²) in [6, 6.07) is 14.2. The lowest BCUT2D eigenvalue weighted by molar-refractivity contribution is -0.119. The van der Waals surface area contributed by atoms with Crippen molar-refractivity contribution < 1.29 is 33.3 Å². The largest absolute Gasteiger partial charge is 0.493 e. The summed E-state index contributed by atoms with van der Waals surface area (Å²) in [7, 11) is 7.60.